The van der Waals surface area contributed by atoms with Gasteiger partial charge in [0.2, 0.25) is 0 Å². The minimum Gasteiger partial charge on any atom is -0.463 e. The van der Waals surface area contributed by atoms with E-state index >= 15 is 0 Å². The number of aromatic amines is 1. The molecule has 0 radical (unpaired) electrons. The Morgan fingerprint density at radius 3 is 2.80 bits per heavy atom. The number of likely N-dealkylation sites (tertiary alicyclic amines) is 1. The lowest BCUT2D eigenvalue weighted by Crippen LogP contribution is -2.36. The van der Waals surface area contributed by atoms with Gasteiger partial charge in [-0.3, -0.25) is 4.90 Å². The summed E-state index contributed by atoms with van der Waals surface area (Å²) < 4.78 is 11.4. The molecule has 2 atom stereocenters. The van der Waals surface area contributed by atoms with E-state index in [-0.39, 0.29) is 0 Å². The Hall–Kier alpha value is -2.64. The van der Waals surface area contributed by atoms with E-state index < -0.39 is 0 Å². The van der Waals surface area contributed by atoms with Gasteiger partial charge in [-0.25, -0.2) is 0 Å². The molecule has 2 fully saturated rings. The number of nitrogens with zero attached hydrogens (tertiary/aromatic N) is 3. The van der Waals surface area contributed by atoms with Crippen LogP contribution < -0.4 is 10.5 Å². The number of benzene rings is 1. The highest BCUT2D eigenvalue weighted by Crippen LogP contribution is 2.29. The summed E-state index contributed by atoms with van der Waals surface area (Å²) in [5, 5.41) is 0. The van der Waals surface area contributed by atoms with Crippen LogP contribution in [0.4, 0.5) is 5.82 Å². The first-order valence-corrected chi connectivity index (χ1v) is 10.9. The van der Waals surface area contributed by atoms with Gasteiger partial charge in [0.1, 0.15) is 11.0 Å². The van der Waals surface area contributed by atoms with Crippen LogP contribution in [-0.2, 0) is 17.7 Å². The molecule has 7 nitrogen and oxygen atoms in total. The number of anilines is 1. The Morgan fingerprint density at radius 1 is 1.23 bits per heavy atom. The molecule has 0 aliphatic carbocycles. The second kappa shape index (κ2) is 8.24. The molecule has 0 spiro atoms. The number of H-pyrrole nitrogens is 1. The molecule has 2 bridgehead atoms. The highest BCUT2D eigenvalue weighted by atomic mass is 16.5. The fourth-order valence-corrected chi connectivity index (χ4v) is 4.46. The lowest BCUT2D eigenvalue weighted by Gasteiger charge is -2.26. The number of nitrogens with one attached hydrogen (secondary N) is 1. The fourth-order valence-electron chi connectivity index (χ4n) is 4.46. The Labute approximate surface area is 176 Å². The van der Waals surface area contributed by atoms with Gasteiger partial charge in [-0.1, -0.05) is 37.6 Å². The second-order valence-electron chi connectivity index (χ2n) is 8.40. The van der Waals surface area contributed by atoms with E-state index in [9.17, 15) is 0 Å². The number of ether oxygens (including phenoxy) is 2. The molecular weight excluding hydrogens is 378 g/mol. The van der Waals surface area contributed by atoms with Crippen LogP contribution in [-0.4, -0.2) is 51.8 Å². The van der Waals surface area contributed by atoms with Crippen molar-refractivity contribution < 1.29 is 9.47 Å². The van der Waals surface area contributed by atoms with Crippen molar-refractivity contribution in [1.29, 1.82) is 0 Å². The van der Waals surface area contributed by atoms with Gasteiger partial charge in [-0.2, -0.15) is 9.97 Å². The van der Waals surface area contributed by atoms with Crippen molar-refractivity contribution in [2.45, 2.75) is 51.3 Å². The summed E-state index contributed by atoms with van der Waals surface area (Å²) in [6, 6.07) is 9.84. The second-order valence-corrected chi connectivity index (χ2v) is 8.40. The van der Waals surface area contributed by atoms with Crippen LogP contribution in [0.5, 0.6) is 6.01 Å². The monoisotopic (exact) mass is 407 g/mol. The smallest absolute Gasteiger partial charge is 0.319 e. The third-order valence-electron chi connectivity index (χ3n) is 6.16. The molecule has 2 aromatic heterocycles. The molecule has 3 N–H and O–H groups in total. The zero-order valence-electron chi connectivity index (χ0n) is 17.4. The van der Waals surface area contributed by atoms with Crippen molar-refractivity contribution >= 4 is 16.9 Å². The number of rotatable bonds is 8. The number of morpholine rings is 1. The normalized spacial score (nSPS) is 21.0. The van der Waals surface area contributed by atoms with Crippen LogP contribution >= 0.6 is 0 Å². The van der Waals surface area contributed by atoms with Crippen molar-refractivity contribution in [2.24, 2.45) is 0 Å². The quantitative estimate of drug-likeness (QED) is 0.557. The van der Waals surface area contributed by atoms with E-state index in [0.29, 0.717) is 30.6 Å². The predicted molar refractivity (Wildman–Crippen MR) is 117 cm³/mol. The van der Waals surface area contributed by atoms with Crippen molar-refractivity contribution in [3.05, 3.63) is 47.2 Å². The van der Waals surface area contributed by atoms with Gasteiger partial charge in [0.05, 0.1) is 19.3 Å². The predicted octanol–water partition coefficient (Wildman–Crippen LogP) is 3.28. The molecule has 3 aromatic rings. The van der Waals surface area contributed by atoms with Crippen molar-refractivity contribution in [1.82, 2.24) is 19.9 Å². The van der Waals surface area contributed by atoms with E-state index in [2.05, 4.69) is 51.0 Å². The van der Waals surface area contributed by atoms with Gasteiger partial charge in [0, 0.05) is 37.3 Å². The average molecular weight is 408 g/mol. The molecule has 2 saturated heterocycles. The number of hydrogen-bond donors (Lipinski definition) is 2. The van der Waals surface area contributed by atoms with Crippen molar-refractivity contribution in [3.63, 3.8) is 0 Å². The number of unbranched alkanes of at least 4 members (excludes halogenated alkanes) is 1. The molecular formula is C23H29N5O2. The van der Waals surface area contributed by atoms with Gasteiger partial charge in [0.15, 0.2) is 5.82 Å². The summed E-state index contributed by atoms with van der Waals surface area (Å²) in [6.45, 7) is 5.68. The molecule has 158 valence electrons. The summed E-state index contributed by atoms with van der Waals surface area (Å²) >= 11 is 0. The summed E-state index contributed by atoms with van der Waals surface area (Å²) in [5.74, 6) is 0.428. The first-order valence-electron chi connectivity index (χ1n) is 10.9. The highest BCUT2D eigenvalue weighted by Gasteiger charge is 2.38. The van der Waals surface area contributed by atoms with Crippen LogP contribution in [0.1, 0.15) is 42.9 Å². The number of aromatic nitrogens is 3. The molecule has 0 saturated carbocycles. The van der Waals surface area contributed by atoms with Crippen molar-refractivity contribution in [2.75, 3.05) is 25.5 Å². The lowest BCUT2D eigenvalue weighted by molar-refractivity contribution is 0.0273. The van der Waals surface area contributed by atoms with E-state index in [1.807, 2.05) is 6.20 Å². The number of hydrogen-bond acceptors (Lipinski definition) is 6. The minimum absolute atomic E-state index is 0.355. The number of fused-ring (bicyclic) bond motifs is 3. The van der Waals surface area contributed by atoms with Gasteiger partial charge >= 0.3 is 6.01 Å². The van der Waals surface area contributed by atoms with Crippen LogP contribution in [0, 0.1) is 0 Å². The maximum Gasteiger partial charge on any atom is 0.319 e. The topological polar surface area (TPSA) is 89.3 Å². The Bertz CT molecular complexity index is 1020. The third-order valence-corrected chi connectivity index (χ3v) is 6.16. The average Bonchev–Trinajstić information content (AvgIpc) is 3.46. The summed E-state index contributed by atoms with van der Waals surface area (Å²) in [7, 11) is 0. The molecule has 5 rings (SSSR count). The third kappa shape index (κ3) is 3.87. The zero-order chi connectivity index (χ0) is 20.5. The Morgan fingerprint density at radius 2 is 2.07 bits per heavy atom. The van der Waals surface area contributed by atoms with E-state index in [4.69, 9.17) is 15.2 Å². The Balaban J connectivity index is 1.29. The maximum atomic E-state index is 6.12. The fraction of sp³-hybridized carbons (Fsp3) is 0.478. The standard InChI is InChI=1S/C23H29N5O2/c1-2-3-8-29-23-26-20-17(11-25-21(20)22(24)27-23)9-15-4-6-16(7-5-15)12-28-13-19-10-18(28)14-30-19/h4-7,11,18-19,25H,2-3,8-10,12-14H2,1H3,(H2,24,26,27)/t18-,19-/m0/s1. The van der Waals surface area contributed by atoms with Gasteiger partial charge in [0.25, 0.3) is 0 Å². The Kier molecular flexibility index (Phi) is 5.31. The minimum atomic E-state index is 0.355. The van der Waals surface area contributed by atoms with Crippen LogP contribution in [0.15, 0.2) is 30.5 Å². The highest BCUT2D eigenvalue weighted by molar-refractivity contribution is 5.87. The number of nitrogen functional groups attached to an aromatic ring is 1. The van der Waals surface area contributed by atoms with Gasteiger partial charge in [-0.05, 0) is 24.0 Å². The molecule has 1 aromatic carbocycles. The van der Waals surface area contributed by atoms with E-state index in [0.717, 1.165) is 55.6 Å². The summed E-state index contributed by atoms with van der Waals surface area (Å²) in [6.07, 6.45) is 6.43. The maximum absolute atomic E-state index is 6.12. The molecule has 0 unspecified atom stereocenters. The van der Waals surface area contributed by atoms with Gasteiger partial charge in [-0.15, -0.1) is 0 Å². The lowest BCUT2D eigenvalue weighted by atomic mass is 10.0. The van der Waals surface area contributed by atoms with E-state index in [1.54, 1.807) is 0 Å². The molecule has 2 aliphatic rings. The largest absolute Gasteiger partial charge is 0.463 e. The first kappa shape index (κ1) is 19.3. The molecule has 7 heteroatoms. The summed E-state index contributed by atoms with van der Waals surface area (Å²) in [5.41, 5.74) is 11.4. The number of nitrogens with two attached hydrogens (primary N) is 1. The zero-order valence-corrected chi connectivity index (χ0v) is 17.4. The SMILES string of the molecule is CCCCOc1nc(N)c2[nH]cc(Cc3ccc(CN4C[C@@H]5C[C@H]4CO5)cc3)c2n1. The molecule has 2 aliphatic heterocycles. The summed E-state index contributed by atoms with van der Waals surface area (Å²) in [4.78, 5) is 14.6. The van der Waals surface area contributed by atoms with Crippen LogP contribution in [0.3, 0.4) is 0 Å². The van der Waals surface area contributed by atoms with Crippen LogP contribution in [0.25, 0.3) is 11.0 Å². The molecule has 0 amide bonds. The molecule has 4 heterocycles. The van der Waals surface area contributed by atoms with Crippen LogP contribution in [0.2, 0.25) is 0 Å². The van der Waals surface area contributed by atoms with Crippen molar-refractivity contribution in [3.8, 4) is 6.01 Å². The van der Waals surface area contributed by atoms with Gasteiger partial charge < -0.3 is 20.2 Å². The first-order chi connectivity index (χ1) is 14.7. The van der Waals surface area contributed by atoms with E-state index in [1.165, 1.54) is 17.5 Å². The molecule has 30 heavy (non-hydrogen) atoms.